The van der Waals surface area contributed by atoms with Crippen molar-refractivity contribution in [3.05, 3.63) is 48.0 Å². The van der Waals surface area contributed by atoms with E-state index >= 15 is 0 Å². The van der Waals surface area contributed by atoms with Crippen LogP contribution in [0, 0.1) is 5.92 Å². The maximum atomic E-state index is 11.5. The maximum absolute atomic E-state index is 11.5. The monoisotopic (exact) mass is 297 g/mol. The molecule has 0 bridgehead atoms. The van der Waals surface area contributed by atoms with E-state index in [-0.39, 0.29) is 11.9 Å². The number of nitrogens with one attached hydrogen (secondary N) is 1. The van der Waals surface area contributed by atoms with E-state index in [1.807, 2.05) is 0 Å². The van der Waals surface area contributed by atoms with Crippen LogP contribution in [0.5, 0.6) is 0 Å². The van der Waals surface area contributed by atoms with Gasteiger partial charge in [0, 0.05) is 12.6 Å². The van der Waals surface area contributed by atoms with Crippen LogP contribution in [0.15, 0.2) is 42.5 Å². The van der Waals surface area contributed by atoms with Crippen molar-refractivity contribution in [2.24, 2.45) is 5.92 Å². The summed E-state index contributed by atoms with van der Waals surface area (Å²) in [6.45, 7) is 0.887. The Morgan fingerprint density at radius 3 is 2.55 bits per heavy atom. The lowest BCUT2D eigenvalue weighted by Crippen LogP contribution is -2.34. The molecule has 0 aromatic heterocycles. The average molecular weight is 297 g/mol. The van der Waals surface area contributed by atoms with Gasteiger partial charge >= 0.3 is 5.97 Å². The molecule has 1 fully saturated rings. The molecule has 0 heterocycles. The molecule has 0 radical (unpaired) electrons. The minimum atomic E-state index is -0.0482. The van der Waals surface area contributed by atoms with Crippen molar-refractivity contribution >= 4 is 16.7 Å². The van der Waals surface area contributed by atoms with Crippen molar-refractivity contribution in [2.75, 3.05) is 7.11 Å². The lowest BCUT2D eigenvalue weighted by atomic mass is 9.86. The summed E-state index contributed by atoms with van der Waals surface area (Å²) in [5.74, 6) is 0.0525. The number of esters is 1. The highest BCUT2D eigenvalue weighted by Crippen LogP contribution is 2.25. The maximum Gasteiger partial charge on any atom is 0.308 e. The van der Waals surface area contributed by atoms with Gasteiger partial charge < -0.3 is 10.1 Å². The molecule has 0 saturated heterocycles. The average Bonchev–Trinajstić information content (AvgIpc) is 2.59. The fourth-order valence-corrected chi connectivity index (χ4v) is 3.31. The molecule has 22 heavy (non-hydrogen) atoms. The fraction of sp³-hybridized carbons (Fsp3) is 0.421. The molecule has 2 aromatic carbocycles. The summed E-state index contributed by atoms with van der Waals surface area (Å²) in [5, 5.41) is 6.20. The first-order valence-electron chi connectivity index (χ1n) is 8.05. The standard InChI is InChI=1S/C19H23NO2/c1-22-19(21)16-8-10-18(11-9-16)20-13-14-6-7-15-4-2-3-5-17(15)12-14/h2-7,12,16,18,20H,8-11,13H2,1H3. The van der Waals surface area contributed by atoms with Crippen LogP contribution in [-0.2, 0) is 16.1 Å². The van der Waals surface area contributed by atoms with E-state index < -0.39 is 0 Å². The summed E-state index contributed by atoms with van der Waals surface area (Å²) >= 11 is 0. The molecular weight excluding hydrogens is 274 g/mol. The number of rotatable bonds is 4. The molecule has 1 N–H and O–H groups in total. The first-order chi connectivity index (χ1) is 10.8. The second kappa shape index (κ2) is 6.93. The summed E-state index contributed by atoms with van der Waals surface area (Å²) in [6.07, 6.45) is 3.96. The van der Waals surface area contributed by atoms with Crippen LogP contribution >= 0.6 is 0 Å². The molecule has 0 spiro atoms. The quantitative estimate of drug-likeness (QED) is 0.875. The van der Waals surface area contributed by atoms with Gasteiger partial charge in [0.05, 0.1) is 13.0 Å². The van der Waals surface area contributed by atoms with E-state index in [1.165, 1.54) is 23.4 Å². The predicted molar refractivity (Wildman–Crippen MR) is 88.5 cm³/mol. The van der Waals surface area contributed by atoms with Crippen molar-refractivity contribution in [1.82, 2.24) is 5.32 Å². The number of methoxy groups -OCH3 is 1. The van der Waals surface area contributed by atoms with Crippen molar-refractivity contribution in [3.63, 3.8) is 0 Å². The normalized spacial score (nSPS) is 21.7. The predicted octanol–water partition coefficient (Wildman–Crippen LogP) is 3.66. The Hall–Kier alpha value is -1.87. The topological polar surface area (TPSA) is 38.3 Å². The number of ether oxygens (including phenoxy) is 1. The number of carbonyl (C=O) groups excluding carboxylic acids is 1. The van der Waals surface area contributed by atoms with E-state index in [4.69, 9.17) is 4.74 Å². The summed E-state index contributed by atoms with van der Waals surface area (Å²) in [5.41, 5.74) is 1.31. The zero-order valence-electron chi connectivity index (χ0n) is 13.0. The third kappa shape index (κ3) is 3.47. The molecule has 0 amide bonds. The van der Waals surface area contributed by atoms with Gasteiger partial charge in [0.2, 0.25) is 0 Å². The van der Waals surface area contributed by atoms with E-state index in [0.29, 0.717) is 6.04 Å². The van der Waals surface area contributed by atoms with Crippen LogP contribution in [-0.4, -0.2) is 19.1 Å². The Morgan fingerprint density at radius 1 is 1.09 bits per heavy atom. The third-order valence-corrected chi connectivity index (χ3v) is 4.67. The fourth-order valence-electron chi connectivity index (χ4n) is 3.31. The third-order valence-electron chi connectivity index (χ3n) is 4.67. The summed E-state index contributed by atoms with van der Waals surface area (Å²) in [6, 6.07) is 15.6. The summed E-state index contributed by atoms with van der Waals surface area (Å²) in [7, 11) is 1.48. The van der Waals surface area contributed by atoms with Crippen LogP contribution in [0.4, 0.5) is 0 Å². The zero-order valence-corrected chi connectivity index (χ0v) is 13.0. The van der Waals surface area contributed by atoms with E-state index in [1.54, 1.807) is 0 Å². The van der Waals surface area contributed by atoms with Gasteiger partial charge in [-0.2, -0.15) is 0 Å². The highest BCUT2D eigenvalue weighted by atomic mass is 16.5. The van der Waals surface area contributed by atoms with Crippen LogP contribution in [0.3, 0.4) is 0 Å². The smallest absolute Gasteiger partial charge is 0.308 e. The number of fused-ring (bicyclic) bond motifs is 1. The first kappa shape index (κ1) is 15.0. The van der Waals surface area contributed by atoms with Crippen LogP contribution in [0.25, 0.3) is 10.8 Å². The summed E-state index contributed by atoms with van der Waals surface area (Å²) in [4.78, 5) is 11.5. The van der Waals surface area contributed by atoms with Gasteiger partial charge in [0.15, 0.2) is 0 Å². The SMILES string of the molecule is COC(=O)C1CCC(NCc2ccc3ccccc3c2)CC1. The highest BCUT2D eigenvalue weighted by Gasteiger charge is 2.26. The number of hydrogen-bond donors (Lipinski definition) is 1. The van der Waals surface area contributed by atoms with Gasteiger partial charge in [-0.15, -0.1) is 0 Å². The molecule has 1 aliphatic rings. The molecule has 1 saturated carbocycles. The highest BCUT2D eigenvalue weighted by molar-refractivity contribution is 5.82. The van der Waals surface area contributed by atoms with Gasteiger partial charge in [0.1, 0.15) is 0 Å². The second-order valence-electron chi connectivity index (χ2n) is 6.13. The molecule has 0 aliphatic heterocycles. The molecule has 2 aromatic rings. The van der Waals surface area contributed by atoms with Gasteiger partial charge in [0.25, 0.3) is 0 Å². The second-order valence-corrected chi connectivity index (χ2v) is 6.13. The van der Waals surface area contributed by atoms with Gasteiger partial charge in [-0.1, -0.05) is 36.4 Å². The largest absolute Gasteiger partial charge is 0.469 e. The van der Waals surface area contributed by atoms with Gasteiger partial charge in [-0.05, 0) is 48.1 Å². The van der Waals surface area contributed by atoms with Crippen LogP contribution in [0.1, 0.15) is 31.2 Å². The van der Waals surface area contributed by atoms with Crippen LogP contribution < -0.4 is 5.32 Å². The molecular formula is C19H23NO2. The number of benzene rings is 2. The molecule has 0 unspecified atom stereocenters. The molecule has 3 heteroatoms. The lowest BCUT2D eigenvalue weighted by Gasteiger charge is -2.27. The zero-order chi connectivity index (χ0) is 15.4. The molecule has 116 valence electrons. The van der Waals surface area contributed by atoms with E-state index in [9.17, 15) is 4.79 Å². The van der Waals surface area contributed by atoms with Crippen LogP contribution in [0.2, 0.25) is 0 Å². The van der Waals surface area contributed by atoms with Crippen molar-refractivity contribution < 1.29 is 9.53 Å². The van der Waals surface area contributed by atoms with E-state index in [0.717, 1.165) is 32.2 Å². The minimum absolute atomic E-state index is 0.0482. The lowest BCUT2D eigenvalue weighted by molar-refractivity contribution is -0.146. The van der Waals surface area contributed by atoms with Crippen molar-refractivity contribution in [1.29, 1.82) is 0 Å². The Bertz CT molecular complexity index is 645. The van der Waals surface area contributed by atoms with Gasteiger partial charge in [-0.25, -0.2) is 0 Å². The Morgan fingerprint density at radius 2 is 1.82 bits per heavy atom. The van der Waals surface area contributed by atoms with E-state index in [2.05, 4.69) is 47.8 Å². The Balaban J connectivity index is 1.53. The minimum Gasteiger partial charge on any atom is -0.469 e. The van der Waals surface area contributed by atoms with Crippen molar-refractivity contribution in [3.8, 4) is 0 Å². The van der Waals surface area contributed by atoms with Gasteiger partial charge in [-0.3, -0.25) is 4.79 Å². The molecule has 0 atom stereocenters. The number of hydrogen-bond acceptors (Lipinski definition) is 3. The molecule has 1 aliphatic carbocycles. The molecule has 3 nitrogen and oxygen atoms in total. The Labute approximate surface area is 131 Å². The molecule has 3 rings (SSSR count). The Kier molecular flexibility index (Phi) is 4.74. The first-order valence-corrected chi connectivity index (χ1v) is 8.05. The van der Waals surface area contributed by atoms with Crippen molar-refractivity contribution in [2.45, 2.75) is 38.3 Å². The summed E-state index contributed by atoms with van der Waals surface area (Å²) < 4.78 is 4.84. The number of carbonyl (C=O) groups is 1.